The molecule has 0 aliphatic carbocycles. The van der Waals surface area contributed by atoms with Gasteiger partial charge in [0.1, 0.15) is 11.3 Å². The van der Waals surface area contributed by atoms with Crippen molar-refractivity contribution in [3.63, 3.8) is 0 Å². The van der Waals surface area contributed by atoms with Gasteiger partial charge < -0.3 is 9.15 Å². The maximum absolute atomic E-state index is 13.9. The van der Waals surface area contributed by atoms with Gasteiger partial charge in [0.25, 0.3) is 5.91 Å². The molecule has 1 amide bonds. The first kappa shape index (κ1) is 26.1. The molecular formula is C32H32ClNO4. The Kier molecular flexibility index (Phi) is 7.31. The lowest BCUT2D eigenvalue weighted by molar-refractivity contribution is 0.0971. The highest BCUT2D eigenvalue weighted by Crippen LogP contribution is 2.42. The number of halogens is 1. The van der Waals surface area contributed by atoms with Gasteiger partial charge in [0.15, 0.2) is 5.43 Å². The molecule has 5 rings (SSSR count). The fourth-order valence-electron chi connectivity index (χ4n) is 5.01. The SMILES string of the molecule is CCCCCCOc1ccc(C2c3c(oc4cc(C)c(C)cc4c3=O)C(=O)N2c2ccc(C)c(Cl)c2)cc1. The standard InChI is InChI=1S/C32H32ClNO4/c1-5-6-7-8-15-37-24-13-10-22(11-14-24)29-28-30(35)25-16-20(3)21(4)17-27(25)38-31(28)32(36)34(29)23-12-9-19(2)26(33)18-23/h9-14,16-18,29H,5-8,15H2,1-4H3. The third-order valence-corrected chi connectivity index (χ3v) is 7.79. The van der Waals surface area contributed by atoms with E-state index in [4.69, 9.17) is 20.8 Å². The molecule has 196 valence electrons. The van der Waals surface area contributed by atoms with Crippen molar-refractivity contribution in [2.75, 3.05) is 11.5 Å². The average molecular weight is 530 g/mol. The molecule has 1 aromatic heterocycles. The van der Waals surface area contributed by atoms with Crippen molar-refractivity contribution < 1.29 is 13.9 Å². The number of benzene rings is 3. The van der Waals surface area contributed by atoms with Gasteiger partial charge in [-0.2, -0.15) is 0 Å². The van der Waals surface area contributed by atoms with Gasteiger partial charge in [0, 0.05) is 10.7 Å². The number of hydrogen-bond donors (Lipinski definition) is 0. The van der Waals surface area contributed by atoms with Gasteiger partial charge in [-0.25, -0.2) is 0 Å². The summed E-state index contributed by atoms with van der Waals surface area (Å²) in [5.41, 5.74) is 4.86. The molecule has 0 saturated heterocycles. The fourth-order valence-corrected chi connectivity index (χ4v) is 5.18. The van der Waals surface area contributed by atoms with Gasteiger partial charge in [0.2, 0.25) is 5.76 Å². The van der Waals surface area contributed by atoms with E-state index in [-0.39, 0.29) is 17.1 Å². The van der Waals surface area contributed by atoms with Crippen molar-refractivity contribution in [2.24, 2.45) is 0 Å². The van der Waals surface area contributed by atoms with Gasteiger partial charge in [-0.15, -0.1) is 0 Å². The summed E-state index contributed by atoms with van der Waals surface area (Å²) in [4.78, 5) is 29.4. The van der Waals surface area contributed by atoms with Gasteiger partial charge in [-0.3, -0.25) is 14.5 Å². The highest BCUT2D eigenvalue weighted by Gasteiger charge is 2.43. The number of anilines is 1. The van der Waals surface area contributed by atoms with Crippen LogP contribution in [0.5, 0.6) is 5.75 Å². The Morgan fingerprint density at radius 1 is 0.895 bits per heavy atom. The zero-order valence-electron chi connectivity index (χ0n) is 22.3. The third kappa shape index (κ3) is 4.71. The summed E-state index contributed by atoms with van der Waals surface area (Å²) in [6.45, 7) is 8.68. The molecule has 0 N–H and O–H groups in total. The molecule has 4 aromatic rings. The first-order valence-electron chi connectivity index (χ1n) is 13.2. The smallest absolute Gasteiger partial charge is 0.295 e. The van der Waals surface area contributed by atoms with Crippen molar-refractivity contribution >= 4 is 34.2 Å². The molecule has 5 nitrogen and oxygen atoms in total. The van der Waals surface area contributed by atoms with Crippen LogP contribution in [0.1, 0.15) is 77.0 Å². The Morgan fingerprint density at radius 3 is 2.34 bits per heavy atom. The predicted molar refractivity (Wildman–Crippen MR) is 153 cm³/mol. The highest BCUT2D eigenvalue weighted by atomic mass is 35.5. The van der Waals surface area contributed by atoms with Crippen LogP contribution in [0, 0.1) is 20.8 Å². The fraction of sp³-hybridized carbons (Fsp3) is 0.312. The number of carbonyl (C=O) groups excluding carboxylic acids is 1. The maximum Gasteiger partial charge on any atom is 0.295 e. The van der Waals surface area contributed by atoms with Gasteiger partial charge in [-0.1, -0.05) is 56.0 Å². The summed E-state index contributed by atoms with van der Waals surface area (Å²) in [6, 6.07) is 16.1. The topological polar surface area (TPSA) is 59.8 Å². The molecule has 0 radical (unpaired) electrons. The van der Waals surface area contributed by atoms with Crippen LogP contribution < -0.4 is 15.1 Å². The third-order valence-electron chi connectivity index (χ3n) is 7.38. The quantitative estimate of drug-likeness (QED) is 0.216. The minimum Gasteiger partial charge on any atom is -0.494 e. The van der Waals surface area contributed by atoms with E-state index in [0.717, 1.165) is 40.8 Å². The second-order valence-corrected chi connectivity index (χ2v) is 10.5. The monoisotopic (exact) mass is 529 g/mol. The molecule has 0 fully saturated rings. The molecule has 2 heterocycles. The number of nitrogens with zero attached hydrogens (tertiary/aromatic N) is 1. The van der Waals surface area contributed by atoms with Crippen LogP contribution in [0.3, 0.4) is 0 Å². The van der Waals surface area contributed by atoms with E-state index in [1.807, 2.05) is 69.3 Å². The molecule has 0 saturated carbocycles. The highest BCUT2D eigenvalue weighted by molar-refractivity contribution is 6.31. The zero-order chi connectivity index (χ0) is 27.0. The normalized spacial score (nSPS) is 14.8. The average Bonchev–Trinajstić information content (AvgIpc) is 3.19. The first-order valence-corrected chi connectivity index (χ1v) is 13.6. The van der Waals surface area contributed by atoms with Crippen molar-refractivity contribution in [1.82, 2.24) is 0 Å². The van der Waals surface area contributed by atoms with Gasteiger partial charge in [-0.05, 0) is 85.8 Å². The first-order chi connectivity index (χ1) is 18.3. The molecule has 1 aliphatic heterocycles. The van der Waals surface area contributed by atoms with Crippen LogP contribution in [0.2, 0.25) is 5.02 Å². The largest absolute Gasteiger partial charge is 0.494 e. The number of unbranched alkanes of at least 4 members (excludes halogenated alkanes) is 3. The van der Waals surface area contributed by atoms with E-state index >= 15 is 0 Å². The van der Waals surface area contributed by atoms with Gasteiger partial charge >= 0.3 is 0 Å². The van der Waals surface area contributed by atoms with Crippen LogP contribution >= 0.6 is 11.6 Å². The van der Waals surface area contributed by atoms with Crippen LogP contribution in [-0.4, -0.2) is 12.5 Å². The van der Waals surface area contributed by atoms with Crippen molar-refractivity contribution in [1.29, 1.82) is 0 Å². The van der Waals surface area contributed by atoms with E-state index in [9.17, 15) is 9.59 Å². The summed E-state index contributed by atoms with van der Waals surface area (Å²) in [5, 5.41) is 1.02. The Bertz CT molecular complexity index is 1570. The number of rotatable bonds is 8. The number of amides is 1. The van der Waals surface area contributed by atoms with Crippen molar-refractivity contribution in [2.45, 2.75) is 59.4 Å². The van der Waals surface area contributed by atoms with Crippen molar-refractivity contribution in [3.8, 4) is 5.75 Å². The molecule has 1 aliphatic rings. The summed E-state index contributed by atoms with van der Waals surface area (Å²) >= 11 is 6.46. The van der Waals surface area contributed by atoms with Gasteiger partial charge in [0.05, 0.1) is 23.6 Å². The van der Waals surface area contributed by atoms with E-state index in [2.05, 4.69) is 6.92 Å². The second-order valence-electron chi connectivity index (χ2n) is 10.1. The predicted octanol–water partition coefficient (Wildman–Crippen LogP) is 8.08. The Morgan fingerprint density at radius 2 is 1.63 bits per heavy atom. The van der Waals surface area contributed by atoms with Crippen LogP contribution in [0.25, 0.3) is 11.0 Å². The minimum atomic E-state index is -0.655. The Hall–Kier alpha value is -3.57. The molecule has 38 heavy (non-hydrogen) atoms. The molecular weight excluding hydrogens is 498 g/mol. The lowest BCUT2D eigenvalue weighted by Gasteiger charge is -2.26. The molecule has 0 spiro atoms. The number of hydrogen-bond acceptors (Lipinski definition) is 4. The van der Waals surface area contributed by atoms with E-state index in [0.29, 0.717) is 33.8 Å². The minimum absolute atomic E-state index is 0.0729. The number of aryl methyl sites for hydroxylation is 3. The molecule has 3 aromatic carbocycles. The molecule has 6 heteroatoms. The van der Waals surface area contributed by atoms with Crippen LogP contribution in [0.15, 0.2) is 63.8 Å². The number of ether oxygens (including phenoxy) is 1. The van der Waals surface area contributed by atoms with Crippen molar-refractivity contribution in [3.05, 3.63) is 103 Å². The zero-order valence-corrected chi connectivity index (χ0v) is 23.0. The molecule has 1 atom stereocenters. The van der Waals surface area contributed by atoms with Crippen LogP contribution in [0.4, 0.5) is 5.69 Å². The molecule has 0 bridgehead atoms. The number of carbonyl (C=O) groups is 1. The van der Waals surface area contributed by atoms with E-state index in [1.54, 1.807) is 11.0 Å². The second kappa shape index (κ2) is 10.7. The van der Waals surface area contributed by atoms with Crippen LogP contribution in [-0.2, 0) is 0 Å². The lowest BCUT2D eigenvalue weighted by atomic mass is 9.97. The summed E-state index contributed by atoms with van der Waals surface area (Å²) < 4.78 is 12.1. The van der Waals surface area contributed by atoms with E-state index < -0.39 is 6.04 Å². The summed E-state index contributed by atoms with van der Waals surface area (Å²) in [7, 11) is 0. The lowest BCUT2D eigenvalue weighted by Crippen LogP contribution is -2.29. The maximum atomic E-state index is 13.9. The molecule has 1 unspecified atom stereocenters. The Labute approximate surface area is 228 Å². The summed E-state index contributed by atoms with van der Waals surface area (Å²) in [5.74, 6) is 0.471. The Balaban J connectivity index is 1.60. The van der Waals surface area contributed by atoms with E-state index in [1.165, 1.54) is 12.8 Å². The number of fused-ring (bicyclic) bond motifs is 2. The summed E-state index contributed by atoms with van der Waals surface area (Å²) in [6.07, 6.45) is 4.54.